The molecule has 13 heavy (non-hydrogen) atoms. The Hall–Kier alpha value is -1.12. The van der Waals surface area contributed by atoms with Crippen molar-refractivity contribution in [2.45, 2.75) is 38.5 Å². The van der Waals surface area contributed by atoms with Crippen molar-refractivity contribution < 1.29 is 9.21 Å². The molecule has 1 aromatic heterocycles. The van der Waals surface area contributed by atoms with Gasteiger partial charge in [0.05, 0.1) is 5.69 Å². The quantitative estimate of drug-likeness (QED) is 0.654. The Labute approximate surface area is 77.2 Å². The van der Waals surface area contributed by atoms with E-state index in [2.05, 4.69) is 11.9 Å². The molecular weight excluding hydrogens is 166 g/mol. The van der Waals surface area contributed by atoms with Crippen LogP contribution in [0.5, 0.6) is 0 Å². The zero-order chi connectivity index (χ0) is 9.47. The van der Waals surface area contributed by atoms with Crippen LogP contribution in [0.1, 0.15) is 48.3 Å². The predicted molar refractivity (Wildman–Crippen MR) is 47.8 cm³/mol. The van der Waals surface area contributed by atoms with Crippen molar-refractivity contribution in [2.24, 2.45) is 0 Å². The van der Waals surface area contributed by atoms with Crippen LogP contribution in [-0.2, 0) is 5.41 Å². The molecular formula is C10H13NO2. The summed E-state index contributed by atoms with van der Waals surface area (Å²) >= 11 is 0. The number of hydrogen-bond acceptors (Lipinski definition) is 3. The number of aromatic nitrogens is 1. The number of oxazole rings is 1. The summed E-state index contributed by atoms with van der Waals surface area (Å²) in [6.45, 7) is 3.94. The Bertz CT molecular complexity index is 337. The monoisotopic (exact) mass is 179 g/mol. The van der Waals surface area contributed by atoms with Crippen LogP contribution in [0, 0.1) is 6.92 Å². The van der Waals surface area contributed by atoms with Gasteiger partial charge in [0, 0.05) is 5.41 Å². The van der Waals surface area contributed by atoms with Gasteiger partial charge in [0.25, 0.3) is 0 Å². The largest absolute Gasteiger partial charge is 0.437 e. The molecule has 0 unspecified atom stereocenters. The van der Waals surface area contributed by atoms with Crippen molar-refractivity contribution in [2.75, 3.05) is 0 Å². The van der Waals surface area contributed by atoms with Crippen molar-refractivity contribution >= 4 is 6.29 Å². The molecule has 2 rings (SSSR count). The number of hydrogen-bond donors (Lipinski definition) is 0. The third-order valence-electron chi connectivity index (χ3n) is 2.91. The standard InChI is InChI=1S/C10H13NO2/c1-7-8(6-12)13-9(11-7)10(2)4-3-5-10/h6H,3-5H2,1-2H3. The molecule has 3 heteroatoms. The molecule has 1 aliphatic rings. The lowest BCUT2D eigenvalue weighted by Gasteiger charge is -2.34. The van der Waals surface area contributed by atoms with E-state index >= 15 is 0 Å². The average Bonchev–Trinajstić information content (AvgIpc) is 2.43. The third-order valence-corrected chi connectivity index (χ3v) is 2.91. The molecule has 3 nitrogen and oxygen atoms in total. The minimum atomic E-state index is 0.0893. The van der Waals surface area contributed by atoms with Crippen LogP contribution in [0.25, 0.3) is 0 Å². The van der Waals surface area contributed by atoms with Gasteiger partial charge in [-0.1, -0.05) is 13.3 Å². The van der Waals surface area contributed by atoms with E-state index in [1.165, 1.54) is 6.42 Å². The molecule has 0 aliphatic heterocycles. The highest BCUT2D eigenvalue weighted by Crippen LogP contribution is 2.42. The van der Waals surface area contributed by atoms with Crippen LogP contribution in [-0.4, -0.2) is 11.3 Å². The van der Waals surface area contributed by atoms with Crippen LogP contribution in [0.3, 0.4) is 0 Å². The minimum Gasteiger partial charge on any atom is -0.437 e. The van der Waals surface area contributed by atoms with E-state index in [1.807, 2.05) is 0 Å². The average molecular weight is 179 g/mol. The molecule has 1 aromatic rings. The van der Waals surface area contributed by atoms with Crippen molar-refractivity contribution in [1.29, 1.82) is 0 Å². The van der Waals surface area contributed by atoms with Gasteiger partial charge in [0.1, 0.15) is 0 Å². The molecule has 1 aliphatic carbocycles. The molecule has 0 aromatic carbocycles. The lowest BCUT2D eigenvalue weighted by Crippen LogP contribution is -2.30. The van der Waals surface area contributed by atoms with Crippen molar-refractivity contribution in [3.63, 3.8) is 0 Å². The number of aldehydes is 1. The lowest BCUT2D eigenvalue weighted by atomic mass is 9.70. The van der Waals surface area contributed by atoms with E-state index in [-0.39, 0.29) is 5.41 Å². The number of carbonyl (C=O) groups excluding carboxylic acids is 1. The maximum Gasteiger partial charge on any atom is 0.201 e. The summed E-state index contributed by atoms with van der Waals surface area (Å²) in [5.41, 5.74) is 0.796. The smallest absolute Gasteiger partial charge is 0.201 e. The maximum absolute atomic E-state index is 10.5. The molecule has 0 radical (unpaired) electrons. The van der Waals surface area contributed by atoms with E-state index < -0.39 is 0 Å². The second-order valence-corrected chi connectivity index (χ2v) is 4.00. The fraction of sp³-hybridized carbons (Fsp3) is 0.600. The van der Waals surface area contributed by atoms with E-state index in [1.54, 1.807) is 6.92 Å². The second kappa shape index (κ2) is 2.69. The first-order valence-electron chi connectivity index (χ1n) is 4.59. The van der Waals surface area contributed by atoms with Gasteiger partial charge in [0.2, 0.25) is 5.89 Å². The molecule has 1 saturated carbocycles. The summed E-state index contributed by atoms with van der Waals surface area (Å²) in [7, 11) is 0. The first-order chi connectivity index (χ1) is 6.15. The van der Waals surface area contributed by atoms with E-state index in [0.29, 0.717) is 11.5 Å². The highest BCUT2D eigenvalue weighted by molar-refractivity contribution is 5.71. The van der Waals surface area contributed by atoms with Crippen molar-refractivity contribution in [3.05, 3.63) is 17.3 Å². The first-order valence-corrected chi connectivity index (χ1v) is 4.59. The molecule has 0 spiro atoms. The topological polar surface area (TPSA) is 43.1 Å². The summed E-state index contributed by atoms with van der Waals surface area (Å²) in [6.07, 6.45) is 4.19. The molecule has 0 saturated heterocycles. The fourth-order valence-corrected chi connectivity index (χ4v) is 1.70. The summed E-state index contributed by atoms with van der Waals surface area (Å²) < 4.78 is 5.39. The Kier molecular flexibility index (Phi) is 1.75. The molecule has 1 heterocycles. The Morgan fingerprint density at radius 1 is 1.54 bits per heavy atom. The second-order valence-electron chi connectivity index (χ2n) is 4.00. The van der Waals surface area contributed by atoms with Gasteiger partial charge in [-0.3, -0.25) is 4.79 Å². The van der Waals surface area contributed by atoms with E-state index in [9.17, 15) is 4.79 Å². The van der Waals surface area contributed by atoms with Crippen LogP contribution in [0.4, 0.5) is 0 Å². The maximum atomic E-state index is 10.5. The van der Waals surface area contributed by atoms with Gasteiger partial charge in [-0.25, -0.2) is 4.98 Å². The Balaban J connectivity index is 2.36. The number of aryl methyl sites for hydroxylation is 1. The van der Waals surface area contributed by atoms with Crippen LogP contribution in [0.15, 0.2) is 4.42 Å². The number of carbonyl (C=O) groups is 1. The van der Waals surface area contributed by atoms with Crippen molar-refractivity contribution in [3.8, 4) is 0 Å². The lowest BCUT2D eigenvalue weighted by molar-refractivity contribution is 0.109. The third kappa shape index (κ3) is 1.19. The van der Waals surface area contributed by atoms with Gasteiger partial charge in [0.15, 0.2) is 12.0 Å². The van der Waals surface area contributed by atoms with Gasteiger partial charge in [-0.15, -0.1) is 0 Å². The molecule has 1 fully saturated rings. The summed E-state index contributed by atoms with van der Waals surface area (Å²) in [5, 5.41) is 0. The molecule has 70 valence electrons. The zero-order valence-electron chi connectivity index (χ0n) is 7.96. The first kappa shape index (κ1) is 8.48. The normalized spacial score (nSPS) is 19.5. The van der Waals surface area contributed by atoms with Crippen LogP contribution in [0.2, 0.25) is 0 Å². The highest BCUT2D eigenvalue weighted by Gasteiger charge is 2.38. The SMILES string of the molecule is Cc1nc(C2(C)CCC2)oc1C=O. The minimum absolute atomic E-state index is 0.0893. The molecule has 0 atom stereocenters. The summed E-state index contributed by atoms with van der Waals surface area (Å²) in [6, 6.07) is 0. The van der Waals surface area contributed by atoms with E-state index in [0.717, 1.165) is 25.0 Å². The highest BCUT2D eigenvalue weighted by atomic mass is 16.4. The van der Waals surface area contributed by atoms with E-state index in [4.69, 9.17) is 4.42 Å². The van der Waals surface area contributed by atoms with Crippen molar-refractivity contribution in [1.82, 2.24) is 4.98 Å². The van der Waals surface area contributed by atoms with Gasteiger partial charge < -0.3 is 4.42 Å². The van der Waals surface area contributed by atoms with Gasteiger partial charge in [-0.2, -0.15) is 0 Å². The van der Waals surface area contributed by atoms with Gasteiger partial charge >= 0.3 is 0 Å². The van der Waals surface area contributed by atoms with Gasteiger partial charge in [-0.05, 0) is 19.8 Å². The molecule has 0 N–H and O–H groups in total. The molecule has 0 amide bonds. The zero-order valence-corrected chi connectivity index (χ0v) is 7.96. The summed E-state index contributed by atoms with van der Waals surface area (Å²) in [4.78, 5) is 14.8. The fourth-order valence-electron chi connectivity index (χ4n) is 1.70. The number of nitrogens with zero attached hydrogens (tertiary/aromatic N) is 1. The Morgan fingerprint density at radius 3 is 2.62 bits per heavy atom. The number of rotatable bonds is 2. The predicted octanol–water partition coefficient (Wildman–Crippen LogP) is 2.24. The van der Waals surface area contributed by atoms with Crippen LogP contribution >= 0.6 is 0 Å². The molecule has 0 bridgehead atoms. The van der Waals surface area contributed by atoms with Crippen LogP contribution < -0.4 is 0 Å². The Morgan fingerprint density at radius 2 is 2.23 bits per heavy atom. The summed E-state index contributed by atoms with van der Waals surface area (Å²) in [5.74, 6) is 1.11.